The summed E-state index contributed by atoms with van der Waals surface area (Å²) < 4.78 is 40.9. The highest BCUT2D eigenvalue weighted by molar-refractivity contribution is 5.90. The molecule has 2 heterocycles. The van der Waals surface area contributed by atoms with Crippen LogP contribution in [0.5, 0.6) is 0 Å². The van der Waals surface area contributed by atoms with Crippen molar-refractivity contribution in [2.45, 2.75) is 76.2 Å². The van der Waals surface area contributed by atoms with Crippen LogP contribution < -0.4 is 10.6 Å². The summed E-state index contributed by atoms with van der Waals surface area (Å²) in [4.78, 5) is 32.7. The molecule has 4 rings (SSSR count). The van der Waals surface area contributed by atoms with Gasteiger partial charge in [0.15, 0.2) is 0 Å². The molecule has 3 unspecified atom stereocenters. The number of pyridine rings is 1. The van der Waals surface area contributed by atoms with Gasteiger partial charge in [0, 0.05) is 18.3 Å². The summed E-state index contributed by atoms with van der Waals surface area (Å²) in [6.07, 6.45) is 3.45. The molecule has 6 nitrogen and oxygen atoms in total. The van der Waals surface area contributed by atoms with Crippen LogP contribution >= 0.6 is 0 Å². The van der Waals surface area contributed by atoms with Crippen LogP contribution in [-0.2, 0) is 15.8 Å². The van der Waals surface area contributed by atoms with Crippen LogP contribution in [0.15, 0.2) is 42.6 Å². The molecule has 2 aliphatic rings. The normalized spacial score (nSPS) is 20.5. The maximum atomic E-state index is 13.9. The Kier molecular flexibility index (Phi) is 8.52. The Balaban J connectivity index is 1.62. The lowest BCUT2D eigenvalue weighted by molar-refractivity contribution is -0.139. The number of carbonyl (C=O) groups is 2. The number of hydrogen-bond acceptors (Lipinski definition) is 4. The van der Waals surface area contributed by atoms with Crippen molar-refractivity contribution in [3.05, 3.63) is 53.7 Å². The number of aromatic nitrogens is 1. The number of amides is 2. The van der Waals surface area contributed by atoms with Gasteiger partial charge in [0.1, 0.15) is 6.04 Å². The number of likely N-dealkylation sites (N-methyl/N-ethyl adjacent to an activating group) is 1. The van der Waals surface area contributed by atoms with E-state index in [1.165, 1.54) is 18.3 Å². The third-order valence-electron chi connectivity index (χ3n) is 7.72. The van der Waals surface area contributed by atoms with E-state index in [-0.39, 0.29) is 35.0 Å². The van der Waals surface area contributed by atoms with Crippen molar-refractivity contribution < 1.29 is 22.8 Å². The molecule has 1 saturated carbocycles. The number of benzene rings is 1. The molecule has 0 spiro atoms. The number of nitrogens with one attached hydrogen (secondary N) is 2. The first-order valence-corrected chi connectivity index (χ1v) is 13.1. The minimum atomic E-state index is -4.50. The first-order valence-electron chi connectivity index (χ1n) is 13.1. The van der Waals surface area contributed by atoms with Crippen molar-refractivity contribution in [2.75, 3.05) is 13.6 Å². The number of likely N-dealkylation sites (tertiary alicyclic amines) is 1. The minimum Gasteiger partial charge on any atom is -0.343 e. The van der Waals surface area contributed by atoms with Gasteiger partial charge in [-0.25, -0.2) is 0 Å². The van der Waals surface area contributed by atoms with Crippen molar-refractivity contribution >= 4 is 11.8 Å². The van der Waals surface area contributed by atoms with Gasteiger partial charge >= 0.3 is 6.18 Å². The SMILES string of the molecule is CNC(C)C(=O)NC(C(=O)N1CCCC1c1ccnc(-c2ccccc2C(F)(F)F)c1)C1CCCCC1. The highest BCUT2D eigenvalue weighted by Crippen LogP contribution is 2.39. The molecule has 1 aliphatic heterocycles. The monoisotopic (exact) mass is 516 g/mol. The smallest absolute Gasteiger partial charge is 0.343 e. The summed E-state index contributed by atoms with van der Waals surface area (Å²) in [5.74, 6) is -0.251. The number of halogens is 3. The van der Waals surface area contributed by atoms with E-state index >= 15 is 0 Å². The van der Waals surface area contributed by atoms with Crippen molar-refractivity contribution in [3.8, 4) is 11.3 Å². The first-order chi connectivity index (χ1) is 17.7. The Morgan fingerprint density at radius 2 is 1.78 bits per heavy atom. The van der Waals surface area contributed by atoms with Crippen LogP contribution in [0.2, 0.25) is 0 Å². The molecule has 0 bridgehead atoms. The number of carbonyl (C=O) groups excluding carboxylic acids is 2. The van der Waals surface area contributed by atoms with Gasteiger partial charge in [0.2, 0.25) is 11.8 Å². The molecule has 3 atom stereocenters. The predicted octanol–water partition coefficient (Wildman–Crippen LogP) is 5.10. The van der Waals surface area contributed by atoms with E-state index in [4.69, 9.17) is 0 Å². The summed E-state index contributed by atoms with van der Waals surface area (Å²) in [5, 5.41) is 5.95. The minimum absolute atomic E-state index is 0.0149. The summed E-state index contributed by atoms with van der Waals surface area (Å²) in [6, 6.07) is 7.52. The molecule has 2 fully saturated rings. The molecule has 2 N–H and O–H groups in total. The van der Waals surface area contributed by atoms with E-state index in [0.717, 1.165) is 50.2 Å². The van der Waals surface area contributed by atoms with Crippen molar-refractivity contribution in [3.63, 3.8) is 0 Å². The van der Waals surface area contributed by atoms with Crippen molar-refractivity contribution in [2.24, 2.45) is 5.92 Å². The van der Waals surface area contributed by atoms with Crippen LogP contribution in [0.1, 0.15) is 69.0 Å². The number of hydrogen-bond donors (Lipinski definition) is 2. The fourth-order valence-electron chi connectivity index (χ4n) is 5.57. The van der Waals surface area contributed by atoms with Gasteiger partial charge in [-0.3, -0.25) is 14.6 Å². The van der Waals surface area contributed by atoms with Crippen LogP contribution in [-0.4, -0.2) is 47.4 Å². The van der Waals surface area contributed by atoms with E-state index in [1.54, 1.807) is 37.1 Å². The number of nitrogens with zero attached hydrogens (tertiary/aromatic N) is 2. The van der Waals surface area contributed by atoms with Crippen LogP contribution in [0.4, 0.5) is 13.2 Å². The standard InChI is InChI=1S/C28H35F3N4O2/c1-18(32-2)26(36)34-25(19-9-4-3-5-10-19)27(37)35-16-8-13-24(35)20-14-15-33-23(17-20)21-11-6-7-12-22(21)28(29,30)31/h6-7,11-12,14-15,17-19,24-25,32H,3-5,8-10,13,16H2,1-2H3,(H,34,36). The Labute approximate surface area is 216 Å². The zero-order chi connectivity index (χ0) is 26.6. The topological polar surface area (TPSA) is 74.3 Å². The van der Waals surface area contributed by atoms with Crippen LogP contribution in [0.25, 0.3) is 11.3 Å². The zero-order valence-corrected chi connectivity index (χ0v) is 21.4. The molecule has 1 aliphatic carbocycles. The van der Waals surface area contributed by atoms with Crippen molar-refractivity contribution in [1.82, 2.24) is 20.5 Å². The third-order valence-corrected chi connectivity index (χ3v) is 7.72. The highest BCUT2D eigenvalue weighted by atomic mass is 19.4. The lowest BCUT2D eigenvalue weighted by atomic mass is 9.83. The van der Waals surface area contributed by atoms with E-state index in [9.17, 15) is 22.8 Å². The molecule has 37 heavy (non-hydrogen) atoms. The molecule has 1 aromatic heterocycles. The van der Waals surface area contributed by atoms with Gasteiger partial charge < -0.3 is 15.5 Å². The molecule has 2 aromatic rings. The second-order valence-electron chi connectivity index (χ2n) is 10.1. The largest absolute Gasteiger partial charge is 0.417 e. The second kappa shape index (κ2) is 11.6. The average molecular weight is 517 g/mol. The molecule has 200 valence electrons. The quantitative estimate of drug-likeness (QED) is 0.537. The van der Waals surface area contributed by atoms with Gasteiger partial charge in [-0.1, -0.05) is 37.5 Å². The van der Waals surface area contributed by atoms with E-state index < -0.39 is 23.8 Å². The number of rotatable bonds is 7. The van der Waals surface area contributed by atoms with E-state index in [1.807, 2.05) is 0 Å². The fourth-order valence-corrected chi connectivity index (χ4v) is 5.57. The van der Waals surface area contributed by atoms with Crippen molar-refractivity contribution in [1.29, 1.82) is 0 Å². The average Bonchev–Trinajstić information content (AvgIpc) is 3.41. The lowest BCUT2D eigenvalue weighted by Gasteiger charge is -2.35. The first kappa shape index (κ1) is 27.1. The van der Waals surface area contributed by atoms with Gasteiger partial charge in [-0.2, -0.15) is 13.2 Å². The maximum absolute atomic E-state index is 13.9. The molecule has 0 radical (unpaired) electrons. The second-order valence-corrected chi connectivity index (χ2v) is 10.1. The number of alkyl halides is 3. The van der Waals surface area contributed by atoms with E-state index in [0.29, 0.717) is 13.0 Å². The van der Waals surface area contributed by atoms with Gasteiger partial charge in [0.25, 0.3) is 0 Å². The molecular formula is C28H35F3N4O2. The highest BCUT2D eigenvalue weighted by Gasteiger charge is 2.39. The lowest BCUT2D eigenvalue weighted by Crippen LogP contribution is -2.55. The van der Waals surface area contributed by atoms with Gasteiger partial charge in [-0.05, 0) is 69.3 Å². The molecule has 2 amide bonds. The molecular weight excluding hydrogens is 481 g/mol. The Hall–Kier alpha value is -2.94. The van der Waals surface area contributed by atoms with E-state index in [2.05, 4.69) is 15.6 Å². The zero-order valence-electron chi connectivity index (χ0n) is 21.4. The maximum Gasteiger partial charge on any atom is 0.417 e. The van der Waals surface area contributed by atoms with Gasteiger partial charge in [-0.15, -0.1) is 0 Å². The molecule has 9 heteroatoms. The predicted molar refractivity (Wildman–Crippen MR) is 135 cm³/mol. The summed E-state index contributed by atoms with van der Waals surface area (Å²) >= 11 is 0. The fraction of sp³-hybridized carbons (Fsp3) is 0.536. The summed E-state index contributed by atoms with van der Waals surface area (Å²) in [7, 11) is 1.70. The Morgan fingerprint density at radius 1 is 1.05 bits per heavy atom. The van der Waals surface area contributed by atoms with Crippen LogP contribution in [0, 0.1) is 5.92 Å². The molecule has 1 saturated heterocycles. The Bertz CT molecular complexity index is 1100. The summed E-state index contributed by atoms with van der Waals surface area (Å²) in [6.45, 7) is 2.30. The third kappa shape index (κ3) is 6.14. The Morgan fingerprint density at radius 3 is 2.49 bits per heavy atom. The summed E-state index contributed by atoms with van der Waals surface area (Å²) in [5.41, 5.74) is 0.258. The van der Waals surface area contributed by atoms with Crippen LogP contribution in [0.3, 0.4) is 0 Å². The molecule has 1 aromatic carbocycles. The van der Waals surface area contributed by atoms with Gasteiger partial charge in [0.05, 0.1) is 23.3 Å².